The number of piperidine rings is 2. The van der Waals surface area contributed by atoms with Crippen molar-refractivity contribution in [3.05, 3.63) is 59.3 Å². The van der Waals surface area contributed by atoms with Crippen LogP contribution < -0.4 is 10.2 Å². The van der Waals surface area contributed by atoms with Crippen LogP contribution in [-0.4, -0.2) is 53.9 Å². The third kappa shape index (κ3) is 4.64. The topological polar surface area (TPSA) is 65.5 Å². The smallest absolute Gasteiger partial charge is 0.255 e. The van der Waals surface area contributed by atoms with Gasteiger partial charge in [0.15, 0.2) is 0 Å². The van der Waals surface area contributed by atoms with Crippen molar-refractivity contribution in [3.63, 3.8) is 0 Å². The molecule has 1 aromatic carbocycles. The van der Waals surface area contributed by atoms with Crippen molar-refractivity contribution < 1.29 is 9.59 Å². The van der Waals surface area contributed by atoms with Crippen LogP contribution in [0.3, 0.4) is 0 Å². The molecule has 6 heteroatoms. The number of hydrogen-bond acceptors (Lipinski definition) is 4. The van der Waals surface area contributed by atoms with Gasteiger partial charge in [-0.2, -0.15) is 0 Å². The number of carbonyl (C=O) groups is 2. The van der Waals surface area contributed by atoms with E-state index in [2.05, 4.69) is 15.2 Å². The normalized spacial score (nSPS) is 17.6. The number of aryl methyl sites for hydroxylation is 1. The van der Waals surface area contributed by atoms with E-state index in [-0.39, 0.29) is 17.9 Å². The SMILES string of the molecule is Cc1ccc(C(=O)N2CCC(NC(=O)c3cccnc3N3CCCCC3)CC2)cc1. The highest BCUT2D eigenvalue weighted by Gasteiger charge is 2.26. The molecular formula is C24H30N4O2. The van der Waals surface area contributed by atoms with E-state index in [0.29, 0.717) is 18.7 Å². The number of aromatic nitrogens is 1. The average Bonchev–Trinajstić information content (AvgIpc) is 2.80. The molecule has 0 atom stereocenters. The van der Waals surface area contributed by atoms with Gasteiger partial charge >= 0.3 is 0 Å². The lowest BCUT2D eigenvalue weighted by Crippen LogP contribution is -2.46. The van der Waals surface area contributed by atoms with Crippen LogP contribution in [-0.2, 0) is 0 Å². The highest BCUT2D eigenvalue weighted by atomic mass is 16.2. The third-order valence-corrected chi connectivity index (χ3v) is 6.10. The summed E-state index contributed by atoms with van der Waals surface area (Å²) in [6, 6.07) is 11.5. The molecule has 0 saturated carbocycles. The fourth-order valence-corrected chi connectivity index (χ4v) is 4.30. The van der Waals surface area contributed by atoms with Crippen molar-refractivity contribution in [1.29, 1.82) is 0 Å². The summed E-state index contributed by atoms with van der Waals surface area (Å²) in [5.41, 5.74) is 2.52. The van der Waals surface area contributed by atoms with Crippen LogP contribution in [0.25, 0.3) is 0 Å². The second kappa shape index (κ2) is 9.28. The number of nitrogens with one attached hydrogen (secondary N) is 1. The fourth-order valence-electron chi connectivity index (χ4n) is 4.30. The molecule has 2 aliphatic heterocycles. The van der Waals surface area contributed by atoms with Crippen molar-refractivity contribution >= 4 is 17.6 Å². The maximum atomic E-state index is 13.0. The van der Waals surface area contributed by atoms with Crippen molar-refractivity contribution in [2.75, 3.05) is 31.1 Å². The van der Waals surface area contributed by atoms with Crippen LogP contribution in [0.2, 0.25) is 0 Å². The first kappa shape index (κ1) is 20.4. The van der Waals surface area contributed by atoms with Crippen LogP contribution in [0.4, 0.5) is 5.82 Å². The van der Waals surface area contributed by atoms with Crippen LogP contribution >= 0.6 is 0 Å². The fraction of sp³-hybridized carbons (Fsp3) is 0.458. The molecular weight excluding hydrogens is 376 g/mol. The number of pyridine rings is 1. The molecule has 2 saturated heterocycles. The molecule has 158 valence electrons. The van der Waals surface area contributed by atoms with Crippen LogP contribution in [0.5, 0.6) is 0 Å². The van der Waals surface area contributed by atoms with Gasteiger partial charge < -0.3 is 15.1 Å². The first-order valence-electron chi connectivity index (χ1n) is 11.0. The number of anilines is 1. The summed E-state index contributed by atoms with van der Waals surface area (Å²) >= 11 is 0. The molecule has 1 aromatic heterocycles. The molecule has 4 rings (SSSR count). The van der Waals surface area contributed by atoms with Gasteiger partial charge in [0.25, 0.3) is 11.8 Å². The zero-order chi connectivity index (χ0) is 20.9. The van der Waals surface area contributed by atoms with Gasteiger partial charge in [-0.1, -0.05) is 17.7 Å². The van der Waals surface area contributed by atoms with Crippen molar-refractivity contribution in [2.24, 2.45) is 0 Å². The highest BCUT2D eigenvalue weighted by molar-refractivity contribution is 5.99. The van der Waals surface area contributed by atoms with Crippen LogP contribution in [0.1, 0.15) is 58.4 Å². The summed E-state index contributed by atoms with van der Waals surface area (Å²) in [7, 11) is 0. The number of rotatable bonds is 4. The Balaban J connectivity index is 1.35. The Morgan fingerprint density at radius 2 is 1.67 bits per heavy atom. The summed E-state index contributed by atoms with van der Waals surface area (Å²) in [6.45, 7) is 5.24. The Morgan fingerprint density at radius 3 is 2.37 bits per heavy atom. The number of likely N-dealkylation sites (tertiary alicyclic amines) is 1. The Kier molecular flexibility index (Phi) is 6.31. The number of benzene rings is 1. The molecule has 2 amide bonds. The second-order valence-corrected chi connectivity index (χ2v) is 8.33. The predicted molar refractivity (Wildman–Crippen MR) is 118 cm³/mol. The Morgan fingerprint density at radius 1 is 0.967 bits per heavy atom. The first-order valence-corrected chi connectivity index (χ1v) is 11.0. The lowest BCUT2D eigenvalue weighted by molar-refractivity contribution is 0.0698. The molecule has 0 radical (unpaired) electrons. The summed E-state index contributed by atoms with van der Waals surface area (Å²) < 4.78 is 0. The molecule has 0 unspecified atom stereocenters. The average molecular weight is 407 g/mol. The van der Waals surface area contributed by atoms with E-state index in [1.807, 2.05) is 48.2 Å². The molecule has 3 heterocycles. The van der Waals surface area contributed by atoms with E-state index in [9.17, 15) is 9.59 Å². The quantitative estimate of drug-likeness (QED) is 0.845. The minimum atomic E-state index is -0.0630. The molecule has 0 aliphatic carbocycles. The Labute approximate surface area is 178 Å². The lowest BCUT2D eigenvalue weighted by Gasteiger charge is -2.33. The number of hydrogen-bond donors (Lipinski definition) is 1. The minimum Gasteiger partial charge on any atom is -0.356 e. The summed E-state index contributed by atoms with van der Waals surface area (Å²) in [5.74, 6) is 0.799. The number of amides is 2. The van der Waals surface area contributed by atoms with E-state index in [1.165, 1.54) is 6.42 Å². The number of nitrogens with zero attached hydrogens (tertiary/aromatic N) is 3. The maximum absolute atomic E-state index is 13.0. The minimum absolute atomic E-state index is 0.0630. The van der Waals surface area contributed by atoms with Crippen LogP contribution in [0.15, 0.2) is 42.6 Å². The predicted octanol–water partition coefficient (Wildman–Crippen LogP) is 3.41. The van der Waals surface area contributed by atoms with Gasteiger partial charge in [-0.15, -0.1) is 0 Å². The zero-order valence-corrected chi connectivity index (χ0v) is 17.6. The van der Waals surface area contributed by atoms with Gasteiger partial charge in [0.2, 0.25) is 0 Å². The van der Waals surface area contributed by atoms with Gasteiger partial charge in [-0.25, -0.2) is 4.98 Å². The standard InChI is InChI=1S/C24H30N4O2/c1-18-7-9-19(10-8-18)24(30)28-16-11-20(12-17-28)26-23(29)21-6-5-13-25-22(21)27-14-3-2-4-15-27/h5-10,13,20H,2-4,11-12,14-17H2,1H3,(H,26,29). The summed E-state index contributed by atoms with van der Waals surface area (Å²) in [6.07, 6.45) is 6.82. The molecule has 0 bridgehead atoms. The molecule has 0 spiro atoms. The van der Waals surface area contributed by atoms with Crippen molar-refractivity contribution in [1.82, 2.24) is 15.2 Å². The van der Waals surface area contributed by atoms with E-state index in [1.54, 1.807) is 6.20 Å². The van der Waals surface area contributed by atoms with E-state index >= 15 is 0 Å². The largest absolute Gasteiger partial charge is 0.356 e. The van der Waals surface area contributed by atoms with Gasteiger partial charge in [0.1, 0.15) is 5.82 Å². The van der Waals surface area contributed by atoms with Gasteiger partial charge in [-0.05, 0) is 63.3 Å². The molecule has 6 nitrogen and oxygen atoms in total. The van der Waals surface area contributed by atoms with Gasteiger partial charge in [0.05, 0.1) is 5.56 Å². The molecule has 2 aliphatic rings. The lowest BCUT2D eigenvalue weighted by atomic mass is 10.0. The molecule has 2 aromatic rings. The zero-order valence-electron chi connectivity index (χ0n) is 17.6. The summed E-state index contributed by atoms with van der Waals surface area (Å²) in [5, 5.41) is 3.18. The third-order valence-electron chi connectivity index (χ3n) is 6.10. The van der Waals surface area contributed by atoms with E-state index in [0.717, 1.165) is 55.7 Å². The van der Waals surface area contributed by atoms with Crippen molar-refractivity contribution in [2.45, 2.75) is 45.1 Å². The molecule has 2 fully saturated rings. The van der Waals surface area contributed by atoms with E-state index in [4.69, 9.17) is 0 Å². The Bertz CT molecular complexity index is 882. The molecule has 30 heavy (non-hydrogen) atoms. The monoisotopic (exact) mass is 406 g/mol. The maximum Gasteiger partial charge on any atom is 0.255 e. The Hall–Kier alpha value is -2.89. The highest BCUT2D eigenvalue weighted by Crippen LogP contribution is 2.22. The van der Waals surface area contributed by atoms with Crippen molar-refractivity contribution in [3.8, 4) is 0 Å². The van der Waals surface area contributed by atoms with Crippen LogP contribution in [0, 0.1) is 6.92 Å². The first-order chi connectivity index (χ1) is 14.6. The summed E-state index contributed by atoms with van der Waals surface area (Å²) in [4.78, 5) is 34.3. The second-order valence-electron chi connectivity index (χ2n) is 8.33. The number of carbonyl (C=O) groups excluding carboxylic acids is 2. The van der Waals surface area contributed by atoms with E-state index < -0.39 is 0 Å². The van der Waals surface area contributed by atoms with Gasteiger partial charge in [0, 0.05) is 44.0 Å². The van der Waals surface area contributed by atoms with Gasteiger partial charge in [-0.3, -0.25) is 9.59 Å². The molecule has 1 N–H and O–H groups in total.